The van der Waals surface area contributed by atoms with Crippen LogP contribution in [0.1, 0.15) is 0 Å². The number of benzene rings is 1. The predicted octanol–water partition coefficient (Wildman–Crippen LogP) is 3.81. The highest BCUT2D eigenvalue weighted by Gasteiger charge is 2.08. The van der Waals surface area contributed by atoms with Crippen molar-refractivity contribution in [2.24, 2.45) is 0 Å². The van der Waals surface area contributed by atoms with Crippen LogP contribution in [0.4, 0.5) is 4.39 Å². The number of hydrogen-bond acceptors (Lipinski definition) is 2. The molecule has 1 nitrogen and oxygen atoms in total. The quantitative estimate of drug-likeness (QED) is 0.758. The Kier molecular flexibility index (Phi) is 2.26. The third kappa shape index (κ3) is 1.44. The van der Waals surface area contributed by atoms with Crippen molar-refractivity contribution < 1.29 is 9.13 Å². The molecule has 0 aliphatic rings. The Bertz CT molecular complexity index is 452. The average Bonchev–Trinajstić information content (AvgIpc) is 2.47. The lowest BCUT2D eigenvalue weighted by atomic mass is 10.2. The Labute approximate surface area is 87.3 Å². The third-order valence-corrected chi connectivity index (χ3v) is 3.75. The zero-order valence-corrected chi connectivity index (χ0v) is 9.21. The summed E-state index contributed by atoms with van der Waals surface area (Å²) in [6, 6.07) is 2.89. The van der Waals surface area contributed by atoms with E-state index in [0.29, 0.717) is 5.75 Å². The Hall–Kier alpha value is -0.610. The first-order valence-electron chi connectivity index (χ1n) is 3.62. The fourth-order valence-electron chi connectivity index (χ4n) is 1.19. The van der Waals surface area contributed by atoms with Crippen molar-refractivity contribution >= 4 is 37.4 Å². The first-order valence-corrected chi connectivity index (χ1v) is 5.30. The number of fused-ring (bicyclic) bond motifs is 1. The lowest BCUT2D eigenvalue weighted by Gasteiger charge is -2.01. The van der Waals surface area contributed by atoms with E-state index in [2.05, 4.69) is 15.9 Å². The van der Waals surface area contributed by atoms with Crippen LogP contribution in [-0.4, -0.2) is 7.11 Å². The molecule has 0 atom stereocenters. The summed E-state index contributed by atoms with van der Waals surface area (Å²) in [4.78, 5) is 0. The molecule has 1 aromatic heterocycles. The molecular weight excluding hydrogens is 255 g/mol. The molecule has 0 bridgehead atoms. The number of hydrogen-bond donors (Lipinski definition) is 0. The number of halogens is 2. The Morgan fingerprint density at radius 3 is 2.92 bits per heavy atom. The monoisotopic (exact) mass is 260 g/mol. The summed E-state index contributed by atoms with van der Waals surface area (Å²) in [5.74, 6) is 0.314. The minimum atomic E-state index is -0.275. The van der Waals surface area contributed by atoms with E-state index in [4.69, 9.17) is 4.74 Å². The highest BCUT2D eigenvalue weighted by Crippen LogP contribution is 2.37. The summed E-state index contributed by atoms with van der Waals surface area (Å²) in [6.07, 6.45) is 0. The van der Waals surface area contributed by atoms with E-state index >= 15 is 0 Å². The van der Waals surface area contributed by atoms with Gasteiger partial charge >= 0.3 is 0 Å². The predicted molar refractivity (Wildman–Crippen MR) is 56.0 cm³/mol. The van der Waals surface area contributed by atoms with Gasteiger partial charge in [-0.15, -0.1) is 11.3 Å². The summed E-state index contributed by atoms with van der Waals surface area (Å²) in [7, 11) is 1.54. The number of ether oxygens (including phenoxy) is 1. The van der Waals surface area contributed by atoms with Gasteiger partial charge in [-0.2, -0.15) is 0 Å². The average molecular weight is 261 g/mol. The van der Waals surface area contributed by atoms with Gasteiger partial charge in [0.25, 0.3) is 0 Å². The fourth-order valence-corrected chi connectivity index (χ4v) is 2.82. The van der Waals surface area contributed by atoms with Crippen LogP contribution in [0.2, 0.25) is 0 Å². The normalized spacial score (nSPS) is 10.7. The minimum absolute atomic E-state index is 0.275. The van der Waals surface area contributed by atoms with E-state index in [0.717, 1.165) is 14.6 Å². The molecular formula is C9H6BrFOS. The first kappa shape index (κ1) is 8.97. The van der Waals surface area contributed by atoms with Gasteiger partial charge in [-0.3, -0.25) is 0 Å². The molecule has 0 saturated carbocycles. The molecule has 0 fully saturated rings. The van der Waals surface area contributed by atoms with Crippen molar-refractivity contribution in [3.63, 3.8) is 0 Å². The van der Waals surface area contributed by atoms with Gasteiger partial charge in [0, 0.05) is 21.3 Å². The highest BCUT2D eigenvalue weighted by atomic mass is 79.9. The molecule has 0 aliphatic heterocycles. The second-order valence-electron chi connectivity index (χ2n) is 2.57. The minimum Gasteiger partial charge on any atom is -0.495 e. The molecule has 68 valence electrons. The van der Waals surface area contributed by atoms with Gasteiger partial charge < -0.3 is 4.74 Å². The smallest absolute Gasteiger partial charge is 0.139 e. The summed E-state index contributed by atoms with van der Waals surface area (Å²) < 4.78 is 20.0. The maximum absolute atomic E-state index is 13.0. The molecule has 0 amide bonds. The van der Waals surface area contributed by atoms with Gasteiger partial charge in [-0.05, 0) is 22.0 Å². The van der Waals surface area contributed by atoms with Crippen LogP contribution in [0, 0.1) is 5.82 Å². The van der Waals surface area contributed by atoms with E-state index in [1.54, 1.807) is 7.11 Å². The maximum atomic E-state index is 13.0. The van der Waals surface area contributed by atoms with Gasteiger partial charge in [0.1, 0.15) is 11.6 Å². The van der Waals surface area contributed by atoms with Gasteiger partial charge in [-0.25, -0.2) is 4.39 Å². The van der Waals surface area contributed by atoms with E-state index < -0.39 is 0 Å². The number of methoxy groups -OCH3 is 1. The van der Waals surface area contributed by atoms with Crippen LogP contribution in [0.15, 0.2) is 22.0 Å². The van der Waals surface area contributed by atoms with E-state index in [9.17, 15) is 4.39 Å². The second kappa shape index (κ2) is 3.27. The van der Waals surface area contributed by atoms with Crippen molar-refractivity contribution in [3.05, 3.63) is 27.8 Å². The van der Waals surface area contributed by atoms with Crippen LogP contribution in [0.5, 0.6) is 5.75 Å². The SMILES string of the molecule is COc1cc(F)cc2c(Br)csc12. The van der Waals surface area contributed by atoms with Crippen LogP contribution >= 0.6 is 27.3 Å². The molecule has 1 heterocycles. The van der Waals surface area contributed by atoms with Crippen molar-refractivity contribution in [1.82, 2.24) is 0 Å². The zero-order valence-electron chi connectivity index (χ0n) is 6.80. The van der Waals surface area contributed by atoms with E-state index in [1.165, 1.54) is 23.5 Å². The highest BCUT2D eigenvalue weighted by molar-refractivity contribution is 9.10. The number of rotatable bonds is 1. The molecule has 0 spiro atoms. The summed E-state index contributed by atoms with van der Waals surface area (Å²) >= 11 is 4.89. The molecule has 2 aromatic rings. The molecule has 0 aliphatic carbocycles. The largest absolute Gasteiger partial charge is 0.495 e. The van der Waals surface area contributed by atoms with Crippen molar-refractivity contribution in [3.8, 4) is 5.75 Å². The molecule has 2 rings (SSSR count). The molecule has 4 heteroatoms. The van der Waals surface area contributed by atoms with Crippen molar-refractivity contribution in [1.29, 1.82) is 0 Å². The summed E-state index contributed by atoms with van der Waals surface area (Å²) in [6.45, 7) is 0. The second-order valence-corrected chi connectivity index (χ2v) is 4.30. The third-order valence-electron chi connectivity index (χ3n) is 1.78. The summed E-state index contributed by atoms with van der Waals surface area (Å²) in [5, 5.41) is 2.79. The Balaban J connectivity index is 2.84. The fraction of sp³-hybridized carbons (Fsp3) is 0.111. The van der Waals surface area contributed by atoms with Gasteiger partial charge in [0.05, 0.1) is 11.8 Å². The van der Waals surface area contributed by atoms with Gasteiger partial charge in [0.2, 0.25) is 0 Å². The van der Waals surface area contributed by atoms with Crippen molar-refractivity contribution in [2.75, 3.05) is 7.11 Å². The summed E-state index contributed by atoms with van der Waals surface area (Å²) in [5.41, 5.74) is 0. The number of thiophene rings is 1. The standard InChI is InChI=1S/C9H6BrFOS/c1-12-8-3-5(11)2-6-7(10)4-13-9(6)8/h2-4H,1H3. The van der Waals surface area contributed by atoms with Crippen LogP contribution in [-0.2, 0) is 0 Å². The molecule has 1 aromatic carbocycles. The topological polar surface area (TPSA) is 9.23 Å². The van der Waals surface area contributed by atoms with E-state index in [-0.39, 0.29) is 5.82 Å². The van der Waals surface area contributed by atoms with Crippen LogP contribution < -0.4 is 4.74 Å². The molecule has 13 heavy (non-hydrogen) atoms. The lowest BCUT2D eigenvalue weighted by Crippen LogP contribution is -1.84. The maximum Gasteiger partial charge on any atom is 0.139 e. The molecule has 0 N–H and O–H groups in total. The Morgan fingerprint density at radius 1 is 1.46 bits per heavy atom. The van der Waals surface area contributed by atoms with E-state index in [1.807, 2.05) is 5.38 Å². The Morgan fingerprint density at radius 2 is 2.23 bits per heavy atom. The van der Waals surface area contributed by atoms with Gasteiger partial charge in [-0.1, -0.05) is 0 Å². The van der Waals surface area contributed by atoms with Crippen molar-refractivity contribution in [2.45, 2.75) is 0 Å². The molecule has 0 saturated heterocycles. The molecule has 0 radical (unpaired) electrons. The lowest BCUT2D eigenvalue weighted by molar-refractivity contribution is 0.417. The van der Waals surface area contributed by atoms with Crippen LogP contribution in [0.3, 0.4) is 0 Å². The van der Waals surface area contributed by atoms with Gasteiger partial charge in [0.15, 0.2) is 0 Å². The van der Waals surface area contributed by atoms with Crippen LogP contribution in [0.25, 0.3) is 10.1 Å². The molecule has 0 unspecified atom stereocenters. The zero-order chi connectivity index (χ0) is 9.42. The first-order chi connectivity index (χ1) is 6.22.